The molecule has 1 amide bonds. The van der Waals surface area contributed by atoms with Gasteiger partial charge in [-0.15, -0.1) is 0 Å². The van der Waals surface area contributed by atoms with Crippen LogP contribution in [0.5, 0.6) is 0 Å². The third-order valence-electron chi connectivity index (χ3n) is 4.95. The van der Waals surface area contributed by atoms with Gasteiger partial charge in [0.05, 0.1) is 0 Å². The molecule has 2 N–H and O–H groups in total. The maximum Gasteiger partial charge on any atom is 0.407 e. The summed E-state index contributed by atoms with van der Waals surface area (Å²) in [6, 6.07) is 16.9. The molecule has 1 fully saturated rings. The van der Waals surface area contributed by atoms with E-state index in [0.717, 1.165) is 12.0 Å². The Labute approximate surface area is 147 Å². The number of carboxylic acid groups (broad SMARTS) is 1. The number of benzene rings is 2. The molecule has 1 unspecified atom stereocenters. The van der Waals surface area contributed by atoms with Gasteiger partial charge >= 0.3 is 6.09 Å². The third-order valence-corrected chi connectivity index (χ3v) is 4.95. The molecule has 1 aliphatic heterocycles. The average molecular weight is 342 g/mol. The minimum atomic E-state index is -0.901. The summed E-state index contributed by atoms with van der Waals surface area (Å²) in [7, 11) is 0. The van der Waals surface area contributed by atoms with Crippen molar-refractivity contribution in [3.63, 3.8) is 0 Å². The summed E-state index contributed by atoms with van der Waals surface area (Å²) in [4.78, 5) is 12.8. The van der Waals surface area contributed by atoms with E-state index in [-0.39, 0.29) is 23.8 Å². The molecule has 132 valence electrons. The van der Waals surface area contributed by atoms with E-state index < -0.39 is 6.09 Å². The maximum atomic E-state index is 13.3. The van der Waals surface area contributed by atoms with E-state index >= 15 is 0 Å². The van der Waals surface area contributed by atoms with Crippen LogP contribution in [0.4, 0.5) is 9.18 Å². The highest BCUT2D eigenvalue weighted by Crippen LogP contribution is 2.29. The van der Waals surface area contributed by atoms with Crippen molar-refractivity contribution >= 4 is 6.09 Å². The van der Waals surface area contributed by atoms with Gasteiger partial charge in [0.25, 0.3) is 0 Å². The molecule has 0 bridgehead atoms. The summed E-state index contributed by atoms with van der Waals surface area (Å²) < 4.78 is 13.3. The van der Waals surface area contributed by atoms with Crippen LogP contribution in [0.2, 0.25) is 0 Å². The first kappa shape index (κ1) is 17.4. The fourth-order valence-corrected chi connectivity index (χ4v) is 3.53. The Morgan fingerprint density at radius 1 is 1.20 bits per heavy atom. The van der Waals surface area contributed by atoms with Crippen LogP contribution in [-0.4, -0.2) is 35.2 Å². The van der Waals surface area contributed by atoms with Crippen LogP contribution in [-0.2, 0) is 0 Å². The van der Waals surface area contributed by atoms with Crippen molar-refractivity contribution in [3.05, 3.63) is 71.5 Å². The van der Waals surface area contributed by atoms with Gasteiger partial charge in [-0.1, -0.05) is 42.5 Å². The smallest absolute Gasteiger partial charge is 0.407 e. The summed E-state index contributed by atoms with van der Waals surface area (Å²) in [5, 5.41) is 13.0. The Kier molecular flexibility index (Phi) is 5.34. The highest BCUT2D eigenvalue weighted by atomic mass is 19.1. The number of piperidine rings is 1. The summed E-state index contributed by atoms with van der Waals surface area (Å²) in [6.07, 6.45) is -0.174. The molecule has 5 heteroatoms. The molecular formula is C20H23FN2O2. The van der Waals surface area contributed by atoms with Crippen molar-refractivity contribution in [1.29, 1.82) is 0 Å². The molecule has 3 atom stereocenters. The van der Waals surface area contributed by atoms with E-state index in [4.69, 9.17) is 0 Å². The SMILES string of the molecule is CC(N[C@@H]1CCN(C(=O)O)C[C@@H]1c1ccc(F)cc1)c1ccccc1. The summed E-state index contributed by atoms with van der Waals surface area (Å²) in [5.74, 6) is -0.284. The van der Waals surface area contributed by atoms with Crippen LogP contribution in [0.1, 0.15) is 36.4 Å². The highest BCUT2D eigenvalue weighted by Gasteiger charge is 2.33. The van der Waals surface area contributed by atoms with Gasteiger partial charge in [0.2, 0.25) is 0 Å². The number of hydrogen-bond donors (Lipinski definition) is 2. The van der Waals surface area contributed by atoms with Gasteiger partial charge in [-0.05, 0) is 36.6 Å². The zero-order chi connectivity index (χ0) is 17.8. The summed E-state index contributed by atoms with van der Waals surface area (Å²) in [6.45, 7) is 3.03. The number of rotatable bonds is 4. The average Bonchev–Trinajstić information content (AvgIpc) is 2.63. The number of nitrogens with one attached hydrogen (secondary N) is 1. The fourth-order valence-electron chi connectivity index (χ4n) is 3.53. The van der Waals surface area contributed by atoms with Gasteiger partial charge in [0.1, 0.15) is 5.82 Å². The van der Waals surface area contributed by atoms with Crippen LogP contribution in [0.15, 0.2) is 54.6 Å². The van der Waals surface area contributed by atoms with E-state index in [9.17, 15) is 14.3 Å². The first-order chi connectivity index (χ1) is 12.0. The molecule has 0 radical (unpaired) electrons. The molecule has 1 aliphatic rings. The predicted octanol–water partition coefficient (Wildman–Crippen LogP) is 4.01. The van der Waals surface area contributed by atoms with Crippen molar-refractivity contribution in [2.75, 3.05) is 13.1 Å². The number of carbonyl (C=O) groups is 1. The Morgan fingerprint density at radius 3 is 2.52 bits per heavy atom. The lowest BCUT2D eigenvalue weighted by molar-refractivity contribution is 0.119. The number of hydrogen-bond acceptors (Lipinski definition) is 2. The standard InChI is InChI=1S/C20H23FN2O2/c1-14(15-5-3-2-4-6-15)22-19-11-12-23(20(24)25)13-18(19)16-7-9-17(21)10-8-16/h2-10,14,18-19,22H,11-13H2,1H3,(H,24,25)/t14?,18-,19-/m1/s1. The quantitative estimate of drug-likeness (QED) is 0.883. The Bertz CT molecular complexity index is 705. The van der Waals surface area contributed by atoms with Crippen molar-refractivity contribution in [1.82, 2.24) is 10.2 Å². The molecule has 0 aromatic heterocycles. The number of amides is 1. The Hall–Kier alpha value is -2.40. The van der Waals surface area contributed by atoms with Crippen LogP contribution in [0.25, 0.3) is 0 Å². The van der Waals surface area contributed by atoms with Gasteiger partial charge in [-0.2, -0.15) is 0 Å². The van der Waals surface area contributed by atoms with E-state index in [1.54, 1.807) is 12.1 Å². The van der Waals surface area contributed by atoms with E-state index in [1.165, 1.54) is 22.6 Å². The van der Waals surface area contributed by atoms with Gasteiger partial charge in [0, 0.05) is 31.1 Å². The molecule has 2 aromatic carbocycles. The van der Waals surface area contributed by atoms with Gasteiger partial charge in [0.15, 0.2) is 0 Å². The molecule has 25 heavy (non-hydrogen) atoms. The molecule has 3 rings (SSSR count). The number of nitrogens with zero attached hydrogens (tertiary/aromatic N) is 1. The second-order valence-electron chi connectivity index (χ2n) is 6.58. The number of halogens is 1. The molecule has 1 saturated heterocycles. The third kappa shape index (κ3) is 4.17. The minimum Gasteiger partial charge on any atom is -0.465 e. The highest BCUT2D eigenvalue weighted by molar-refractivity contribution is 5.65. The predicted molar refractivity (Wildman–Crippen MR) is 95.1 cm³/mol. The zero-order valence-corrected chi connectivity index (χ0v) is 14.2. The van der Waals surface area contributed by atoms with Gasteiger partial charge in [-0.3, -0.25) is 0 Å². The lowest BCUT2D eigenvalue weighted by Gasteiger charge is -2.39. The second kappa shape index (κ2) is 7.66. The van der Waals surface area contributed by atoms with Crippen molar-refractivity contribution in [2.45, 2.75) is 31.3 Å². The maximum absolute atomic E-state index is 13.3. The Balaban J connectivity index is 1.80. The normalized spacial score (nSPS) is 21.8. The molecule has 1 heterocycles. The van der Waals surface area contributed by atoms with Crippen LogP contribution >= 0.6 is 0 Å². The second-order valence-corrected chi connectivity index (χ2v) is 6.58. The first-order valence-corrected chi connectivity index (χ1v) is 8.59. The monoisotopic (exact) mass is 342 g/mol. The summed E-state index contributed by atoms with van der Waals surface area (Å²) >= 11 is 0. The first-order valence-electron chi connectivity index (χ1n) is 8.59. The van der Waals surface area contributed by atoms with E-state index in [1.807, 2.05) is 18.2 Å². The number of likely N-dealkylation sites (tertiary alicyclic amines) is 1. The van der Waals surface area contributed by atoms with Gasteiger partial charge < -0.3 is 15.3 Å². The fraction of sp³-hybridized carbons (Fsp3) is 0.350. The Morgan fingerprint density at radius 2 is 1.88 bits per heavy atom. The summed E-state index contributed by atoms with van der Waals surface area (Å²) in [5.41, 5.74) is 2.16. The molecule has 0 spiro atoms. The molecule has 2 aromatic rings. The lowest BCUT2D eigenvalue weighted by atomic mass is 9.85. The van der Waals surface area contributed by atoms with Crippen molar-refractivity contribution < 1.29 is 14.3 Å². The molecular weight excluding hydrogens is 319 g/mol. The largest absolute Gasteiger partial charge is 0.465 e. The minimum absolute atomic E-state index is 0.00314. The van der Waals surface area contributed by atoms with Crippen LogP contribution < -0.4 is 5.32 Å². The van der Waals surface area contributed by atoms with E-state index in [2.05, 4.69) is 24.4 Å². The van der Waals surface area contributed by atoms with Crippen molar-refractivity contribution in [3.8, 4) is 0 Å². The van der Waals surface area contributed by atoms with Crippen LogP contribution in [0, 0.1) is 5.82 Å². The molecule has 0 aliphatic carbocycles. The lowest BCUT2D eigenvalue weighted by Crippen LogP contribution is -2.50. The molecule has 0 saturated carbocycles. The van der Waals surface area contributed by atoms with Crippen LogP contribution in [0.3, 0.4) is 0 Å². The zero-order valence-electron chi connectivity index (χ0n) is 14.2. The van der Waals surface area contributed by atoms with Crippen molar-refractivity contribution in [2.24, 2.45) is 0 Å². The van der Waals surface area contributed by atoms with E-state index in [0.29, 0.717) is 13.1 Å². The van der Waals surface area contributed by atoms with Gasteiger partial charge in [-0.25, -0.2) is 9.18 Å². The topological polar surface area (TPSA) is 52.6 Å². The molecule has 4 nitrogen and oxygen atoms in total.